The van der Waals surface area contributed by atoms with E-state index in [-0.39, 0.29) is 11.2 Å². The lowest BCUT2D eigenvalue weighted by atomic mass is 10.2. The van der Waals surface area contributed by atoms with Crippen molar-refractivity contribution in [2.75, 3.05) is 5.32 Å². The van der Waals surface area contributed by atoms with E-state index in [1.165, 1.54) is 0 Å². The normalized spacial score (nSPS) is 12.1. The van der Waals surface area contributed by atoms with Crippen molar-refractivity contribution in [2.24, 2.45) is 0 Å². The van der Waals surface area contributed by atoms with E-state index in [1.807, 2.05) is 49.6 Å². The molecule has 0 saturated heterocycles. The summed E-state index contributed by atoms with van der Waals surface area (Å²) in [6.45, 7) is 3.78. The molecule has 2 aromatic heterocycles. The van der Waals surface area contributed by atoms with Crippen molar-refractivity contribution in [1.82, 2.24) is 4.98 Å². The largest absolute Gasteiger partial charge is 0.462 e. The first kappa shape index (κ1) is 18.0. The van der Waals surface area contributed by atoms with Crippen molar-refractivity contribution in [2.45, 2.75) is 24.9 Å². The molecule has 2 heterocycles. The number of nitrogens with one attached hydrogen (secondary N) is 1. The lowest BCUT2D eigenvalue weighted by molar-refractivity contribution is -0.115. The van der Waals surface area contributed by atoms with Gasteiger partial charge in [-0.25, -0.2) is 4.98 Å². The molecule has 3 aromatic rings. The molecule has 0 aliphatic carbocycles. The highest BCUT2D eigenvalue weighted by Gasteiger charge is 2.16. The number of hydrogen-bond donors (Lipinski definition) is 1. The van der Waals surface area contributed by atoms with Gasteiger partial charge in [0.1, 0.15) is 0 Å². The van der Waals surface area contributed by atoms with E-state index in [4.69, 9.17) is 16.0 Å². The molecule has 1 aromatic carbocycles. The second kappa shape index (κ2) is 8.08. The number of aromatic nitrogens is 1. The molecule has 1 unspecified atom stereocenters. The predicted octanol–water partition coefficient (Wildman–Crippen LogP) is 5.63. The first-order valence-electron chi connectivity index (χ1n) is 7.70. The van der Waals surface area contributed by atoms with Gasteiger partial charge in [0.25, 0.3) is 0 Å². The molecule has 1 atom stereocenters. The summed E-state index contributed by atoms with van der Waals surface area (Å²) in [6.07, 6.45) is 1.63. The van der Waals surface area contributed by atoms with E-state index in [9.17, 15) is 4.79 Å². The van der Waals surface area contributed by atoms with Crippen LogP contribution in [0.4, 0.5) is 5.69 Å². The Hall–Kier alpha value is -1.76. The Morgan fingerprint density at radius 3 is 3.00 bits per heavy atom. The van der Waals surface area contributed by atoms with Gasteiger partial charge in [-0.3, -0.25) is 4.79 Å². The van der Waals surface area contributed by atoms with Gasteiger partial charge >= 0.3 is 0 Å². The van der Waals surface area contributed by atoms with E-state index >= 15 is 0 Å². The molecule has 0 aliphatic heterocycles. The fraction of sp³-hybridized carbons (Fsp3) is 0.222. The van der Waals surface area contributed by atoms with E-state index in [1.54, 1.807) is 29.4 Å². The lowest BCUT2D eigenvalue weighted by Crippen LogP contribution is -2.23. The van der Waals surface area contributed by atoms with Gasteiger partial charge in [0.2, 0.25) is 5.91 Å². The van der Waals surface area contributed by atoms with Crippen LogP contribution in [0, 0.1) is 6.92 Å². The molecule has 0 aliphatic rings. The molecular formula is C18H17ClN2O2S2. The van der Waals surface area contributed by atoms with Crippen LogP contribution in [0.3, 0.4) is 0 Å². The van der Waals surface area contributed by atoms with Crippen molar-refractivity contribution in [3.8, 4) is 10.8 Å². The number of nitrogens with zero attached hydrogens (tertiary/aromatic N) is 1. The number of rotatable bonds is 6. The zero-order chi connectivity index (χ0) is 17.8. The van der Waals surface area contributed by atoms with Crippen molar-refractivity contribution in [1.29, 1.82) is 0 Å². The molecule has 0 radical (unpaired) electrons. The minimum absolute atomic E-state index is 0.0446. The summed E-state index contributed by atoms with van der Waals surface area (Å²) < 4.78 is 5.35. The molecular weight excluding hydrogens is 376 g/mol. The number of halogens is 1. The zero-order valence-electron chi connectivity index (χ0n) is 13.8. The fourth-order valence-electron chi connectivity index (χ4n) is 2.15. The van der Waals surface area contributed by atoms with Gasteiger partial charge in [-0.15, -0.1) is 23.1 Å². The van der Waals surface area contributed by atoms with Gasteiger partial charge < -0.3 is 9.73 Å². The highest BCUT2D eigenvalue weighted by atomic mass is 35.5. The Kier molecular flexibility index (Phi) is 5.83. The molecule has 0 saturated carbocycles. The molecule has 7 heteroatoms. The van der Waals surface area contributed by atoms with E-state index in [2.05, 4.69) is 10.3 Å². The number of carbonyl (C=O) groups excluding carboxylic acids is 1. The molecule has 4 nitrogen and oxygen atoms in total. The minimum Gasteiger partial charge on any atom is -0.462 e. The predicted molar refractivity (Wildman–Crippen MR) is 105 cm³/mol. The summed E-state index contributed by atoms with van der Waals surface area (Å²) in [5, 5.41) is 6.23. The average molecular weight is 393 g/mol. The van der Waals surface area contributed by atoms with Crippen LogP contribution in [0.25, 0.3) is 10.8 Å². The molecule has 0 fully saturated rings. The highest BCUT2D eigenvalue weighted by molar-refractivity contribution is 7.99. The summed E-state index contributed by atoms with van der Waals surface area (Å²) in [6, 6.07) is 9.22. The van der Waals surface area contributed by atoms with E-state index in [0.717, 1.165) is 27.7 Å². The van der Waals surface area contributed by atoms with Crippen LogP contribution in [0.2, 0.25) is 5.02 Å². The first-order chi connectivity index (χ1) is 12.0. The maximum absolute atomic E-state index is 12.4. The second-order valence-corrected chi connectivity index (χ2v) is 8.07. The third-order valence-corrected chi connectivity index (χ3v) is 6.15. The maximum Gasteiger partial charge on any atom is 0.237 e. The number of carbonyl (C=O) groups is 1. The van der Waals surface area contributed by atoms with Gasteiger partial charge in [-0.2, -0.15) is 0 Å². The van der Waals surface area contributed by atoms with Crippen molar-refractivity contribution in [3.63, 3.8) is 0 Å². The van der Waals surface area contributed by atoms with Gasteiger partial charge in [0, 0.05) is 21.8 Å². The highest BCUT2D eigenvalue weighted by Crippen LogP contribution is 2.28. The summed E-state index contributed by atoms with van der Waals surface area (Å²) in [5.74, 6) is 1.39. The number of thioether (sulfide) groups is 1. The molecule has 0 spiro atoms. The van der Waals surface area contributed by atoms with Crippen LogP contribution in [0.5, 0.6) is 0 Å². The lowest BCUT2D eigenvalue weighted by Gasteiger charge is -2.13. The topological polar surface area (TPSA) is 55.1 Å². The smallest absolute Gasteiger partial charge is 0.237 e. The van der Waals surface area contributed by atoms with E-state index < -0.39 is 0 Å². The van der Waals surface area contributed by atoms with Gasteiger partial charge in [0.05, 0.1) is 17.2 Å². The number of thiazole rings is 1. The van der Waals surface area contributed by atoms with E-state index in [0.29, 0.717) is 10.8 Å². The molecule has 1 N–H and O–H groups in total. The molecule has 25 heavy (non-hydrogen) atoms. The van der Waals surface area contributed by atoms with Crippen molar-refractivity contribution in [3.05, 3.63) is 58.3 Å². The monoisotopic (exact) mass is 392 g/mol. The standard InChI is InChI=1S/C18H17ClN2O2S2/c1-11-14(19)5-3-6-15(11)21-17(22)12(2)24-9-13-10-25-18(20-13)16-7-4-8-23-16/h3-8,10,12H,9H2,1-2H3,(H,21,22). The summed E-state index contributed by atoms with van der Waals surface area (Å²) in [5.41, 5.74) is 2.57. The maximum atomic E-state index is 12.4. The molecule has 0 bridgehead atoms. The SMILES string of the molecule is Cc1c(Cl)cccc1NC(=O)C(C)SCc1csc(-c2ccco2)n1. The fourth-order valence-corrected chi connectivity index (χ4v) is 3.99. The molecule has 1 amide bonds. The van der Waals surface area contributed by atoms with Crippen LogP contribution in [-0.4, -0.2) is 16.1 Å². The second-order valence-electron chi connectivity index (χ2n) is 5.48. The third kappa shape index (κ3) is 4.45. The first-order valence-corrected chi connectivity index (χ1v) is 10.0. The van der Waals surface area contributed by atoms with Crippen LogP contribution in [0.15, 0.2) is 46.4 Å². The Morgan fingerprint density at radius 2 is 2.24 bits per heavy atom. The Labute approximate surface area is 159 Å². The summed E-state index contributed by atoms with van der Waals surface area (Å²) in [7, 11) is 0. The van der Waals surface area contributed by atoms with Gasteiger partial charge in [0.15, 0.2) is 10.8 Å². The van der Waals surface area contributed by atoms with Gasteiger partial charge in [-0.1, -0.05) is 17.7 Å². The average Bonchev–Trinajstić information content (AvgIpc) is 3.27. The quantitative estimate of drug-likeness (QED) is 0.591. The Balaban J connectivity index is 1.56. The third-order valence-electron chi connectivity index (χ3n) is 3.66. The Morgan fingerprint density at radius 1 is 1.40 bits per heavy atom. The van der Waals surface area contributed by atoms with Crippen LogP contribution in [-0.2, 0) is 10.5 Å². The number of hydrogen-bond acceptors (Lipinski definition) is 5. The number of anilines is 1. The Bertz CT molecular complexity index is 862. The van der Waals surface area contributed by atoms with Crippen LogP contribution in [0.1, 0.15) is 18.2 Å². The summed E-state index contributed by atoms with van der Waals surface area (Å²) in [4.78, 5) is 16.9. The van der Waals surface area contributed by atoms with Gasteiger partial charge in [-0.05, 0) is 43.7 Å². The summed E-state index contributed by atoms with van der Waals surface area (Å²) >= 11 is 9.18. The van der Waals surface area contributed by atoms with Crippen molar-refractivity contribution >= 4 is 46.3 Å². The molecule has 130 valence electrons. The number of benzene rings is 1. The van der Waals surface area contributed by atoms with Crippen LogP contribution < -0.4 is 5.32 Å². The minimum atomic E-state index is -0.202. The molecule has 3 rings (SSSR count). The van der Waals surface area contributed by atoms with Crippen molar-refractivity contribution < 1.29 is 9.21 Å². The van der Waals surface area contributed by atoms with Crippen LogP contribution >= 0.6 is 34.7 Å². The number of amides is 1. The number of furan rings is 1. The zero-order valence-corrected chi connectivity index (χ0v) is 16.2.